The molecule has 1 aromatic rings. The van der Waals surface area contributed by atoms with Gasteiger partial charge in [-0.3, -0.25) is 4.79 Å². The molecule has 0 saturated carbocycles. The topological polar surface area (TPSA) is 17.1 Å². The van der Waals surface area contributed by atoms with Crippen molar-refractivity contribution < 1.29 is 4.79 Å². The Bertz CT molecular complexity index is 354. The summed E-state index contributed by atoms with van der Waals surface area (Å²) in [6.07, 6.45) is 0.553. The maximum atomic E-state index is 11.2. The van der Waals surface area contributed by atoms with Crippen molar-refractivity contribution in [2.24, 2.45) is 0 Å². The zero-order valence-electron chi connectivity index (χ0n) is 7.30. The SMILES string of the molecule is CCC(=O)c1ccc(C#CI)cc1. The number of carbonyl (C=O) groups excluding carboxylic acids is 1. The summed E-state index contributed by atoms with van der Waals surface area (Å²) < 4.78 is 2.78. The zero-order valence-corrected chi connectivity index (χ0v) is 9.46. The van der Waals surface area contributed by atoms with Crippen LogP contribution in [0.1, 0.15) is 29.3 Å². The van der Waals surface area contributed by atoms with E-state index in [1.807, 2.05) is 53.8 Å². The maximum Gasteiger partial charge on any atom is 0.162 e. The van der Waals surface area contributed by atoms with Gasteiger partial charge in [0.25, 0.3) is 0 Å². The van der Waals surface area contributed by atoms with E-state index in [4.69, 9.17) is 0 Å². The first-order chi connectivity index (χ1) is 6.27. The fraction of sp³-hybridized carbons (Fsp3) is 0.182. The van der Waals surface area contributed by atoms with E-state index < -0.39 is 0 Å². The average molecular weight is 284 g/mol. The van der Waals surface area contributed by atoms with Gasteiger partial charge < -0.3 is 0 Å². The summed E-state index contributed by atoms with van der Waals surface area (Å²) in [7, 11) is 0. The van der Waals surface area contributed by atoms with Gasteiger partial charge in [-0.1, -0.05) is 25.0 Å². The minimum absolute atomic E-state index is 0.175. The molecule has 0 fully saturated rings. The fourth-order valence-corrected chi connectivity index (χ4v) is 1.31. The van der Waals surface area contributed by atoms with Crippen molar-refractivity contribution in [2.45, 2.75) is 13.3 Å². The van der Waals surface area contributed by atoms with Crippen LogP contribution in [0.3, 0.4) is 0 Å². The molecular weight excluding hydrogens is 275 g/mol. The van der Waals surface area contributed by atoms with Gasteiger partial charge in [0.1, 0.15) is 0 Å². The van der Waals surface area contributed by atoms with Crippen molar-refractivity contribution in [1.29, 1.82) is 0 Å². The molecule has 66 valence electrons. The number of hydrogen-bond donors (Lipinski definition) is 0. The van der Waals surface area contributed by atoms with E-state index in [0.717, 1.165) is 11.1 Å². The Labute approximate surface area is 91.7 Å². The lowest BCUT2D eigenvalue weighted by Crippen LogP contribution is -1.95. The Morgan fingerprint density at radius 1 is 1.38 bits per heavy atom. The Morgan fingerprint density at radius 3 is 2.46 bits per heavy atom. The number of benzene rings is 1. The zero-order chi connectivity index (χ0) is 9.68. The smallest absolute Gasteiger partial charge is 0.162 e. The fourth-order valence-electron chi connectivity index (χ4n) is 0.998. The van der Waals surface area contributed by atoms with Gasteiger partial charge in [0, 0.05) is 40.1 Å². The number of halogens is 1. The standard InChI is InChI=1S/C11H9IO/c1-2-11(13)10-5-3-9(4-6-10)7-8-12/h3-6H,2H2,1H3. The third-order valence-corrected chi connectivity index (χ3v) is 1.99. The van der Waals surface area contributed by atoms with Crippen molar-refractivity contribution in [3.8, 4) is 9.85 Å². The van der Waals surface area contributed by atoms with E-state index >= 15 is 0 Å². The molecule has 0 atom stereocenters. The van der Waals surface area contributed by atoms with Crippen molar-refractivity contribution in [1.82, 2.24) is 0 Å². The molecule has 0 aliphatic carbocycles. The van der Waals surface area contributed by atoms with Gasteiger partial charge in [0.15, 0.2) is 5.78 Å². The van der Waals surface area contributed by atoms with Crippen molar-refractivity contribution >= 4 is 28.4 Å². The van der Waals surface area contributed by atoms with Crippen LogP contribution in [0.4, 0.5) is 0 Å². The number of carbonyl (C=O) groups is 1. The summed E-state index contributed by atoms with van der Waals surface area (Å²) in [5.74, 6) is 3.09. The molecule has 0 spiro atoms. The van der Waals surface area contributed by atoms with Gasteiger partial charge in [0.05, 0.1) is 0 Å². The predicted molar refractivity (Wildman–Crippen MR) is 62.0 cm³/mol. The van der Waals surface area contributed by atoms with Crippen LogP contribution < -0.4 is 0 Å². The molecule has 0 unspecified atom stereocenters. The predicted octanol–water partition coefficient (Wildman–Crippen LogP) is 3.02. The van der Waals surface area contributed by atoms with Crippen LogP contribution in [0.2, 0.25) is 0 Å². The van der Waals surface area contributed by atoms with E-state index in [9.17, 15) is 4.79 Å². The highest BCUT2D eigenvalue weighted by Gasteiger charge is 2.00. The highest BCUT2D eigenvalue weighted by molar-refractivity contribution is 14.1. The molecule has 0 aliphatic rings. The number of ketones is 1. The molecule has 1 nitrogen and oxygen atoms in total. The molecule has 1 rings (SSSR count). The van der Waals surface area contributed by atoms with Crippen LogP contribution in [-0.4, -0.2) is 5.78 Å². The molecule has 0 heterocycles. The van der Waals surface area contributed by atoms with Crippen LogP contribution in [0.25, 0.3) is 0 Å². The van der Waals surface area contributed by atoms with Gasteiger partial charge in [0.2, 0.25) is 0 Å². The lowest BCUT2D eigenvalue weighted by Gasteiger charge is -1.96. The first kappa shape index (κ1) is 10.3. The third-order valence-electron chi connectivity index (χ3n) is 1.72. The summed E-state index contributed by atoms with van der Waals surface area (Å²) in [6.45, 7) is 1.86. The van der Waals surface area contributed by atoms with Crippen LogP contribution in [0, 0.1) is 9.85 Å². The van der Waals surface area contributed by atoms with Gasteiger partial charge in [-0.2, -0.15) is 0 Å². The average Bonchev–Trinajstić information content (AvgIpc) is 2.18. The lowest BCUT2D eigenvalue weighted by atomic mass is 10.1. The minimum atomic E-state index is 0.175. The molecule has 0 aromatic heterocycles. The van der Waals surface area contributed by atoms with E-state index in [-0.39, 0.29) is 5.78 Å². The van der Waals surface area contributed by atoms with E-state index in [1.54, 1.807) is 0 Å². The molecule has 1 aromatic carbocycles. The summed E-state index contributed by atoms with van der Waals surface area (Å²) >= 11 is 1.99. The maximum absolute atomic E-state index is 11.2. The molecule has 0 radical (unpaired) electrons. The lowest BCUT2D eigenvalue weighted by molar-refractivity contribution is 0.0988. The van der Waals surface area contributed by atoms with Crippen LogP contribution in [0.5, 0.6) is 0 Å². The summed E-state index contributed by atoms with van der Waals surface area (Å²) in [5, 5.41) is 0. The number of rotatable bonds is 2. The third kappa shape index (κ3) is 2.85. The quantitative estimate of drug-likeness (QED) is 0.463. The van der Waals surface area contributed by atoms with Crippen LogP contribution in [-0.2, 0) is 0 Å². The number of Topliss-reactive ketones (excluding diaryl/α,β-unsaturated/α-hetero) is 1. The first-order valence-electron chi connectivity index (χ1n) is 4.03. The largest absolute Gasteiger partial charge is 0.294 e. The highest BCUT2D eigenvalue weighted by atomic mass is 127. The van der Waals surface area contributed by atoms with E-state index in [0.29, 0.717) is 6.42 Å². The van der Waals surface area contributed by atoms with Gasteiger partial charge in [-0.15, -0.1) is 0 Å². The highest BCUT2D eigenvalue weighted by Crippen LogP contribution is 2.05. The van der Waals surface area contributed by atoms with Gasteiger partial charge >= 0.3 is 0 Å². The van der Waals surface area contributed by atoms with Crippen molar-refractivity contribution in [3.05, 3.63) is 35.4 Å². The summed E-state index contributed by atoms with van der Waals surface area (Å²) in [5.41, 5.74) is 1.71. The molecule has 0 saturated heterocycles. The number of hydrogen-bond acceptors (Lipinski definition) is 1. The Hall–Kier alpha value is -0.820. The van der Waals surface area contributed by atoms with E-state index in [1.165, 1.54) is 0 Å². The second-order valence-corrected chi connectivity index (χ2v) is 3.11. The Morgan fingerprint density at radius 2 is 2.00 bits per heavy atom. The molecular formula is C11H9IO. The Kier molecular flexibility index (Phi) is 3.97. The second kappa shape index (κ2) is 5.03. The first-order valence-corrected chi connectivity index (χ1v) is 5.10. The van der Waals surface area contributed by atoms with E-state index in [2.05, 4.69) is 9.85 Å². The summed E-state index contributed by atoms with van der Waals surface area (Å²) in [6, 6.07) is 7.38. The van der Waals surface area contributed by atoms with Crippen LogP contribution >= 0.6 is 22.6 Å². The molecule has 0 amide bonds. The van der Waals surface area contributed by atoms with Crippen LogP contribution in [0.15, 0.2) is 24.3 Å². The Balaban J connectivity index is 2.91. The van der Waals surface area contributed by atoms with Gasteiger partial charge in [-0.25, -0.2) is 0 Å². The summed E-state index contributed by atoms with van der Waals surface area (Å²) in [4.78, 5) is 11.2. The monoisotopic (exact) mass is 284 g/mol. The molecule has 2 heteroatoms. The second-order valence-electron chi connectivity index (χ2n) is 2.57. The normalized spacial score (nSPS) is 8.77. The molecule has 0 aliphatic heterocycles. The molecule has 0 N–H and O–H groups in total. The van der Waals surface area contributed by atoms with Gasteiger partial charge in [-0.05, 0) is 16.1 Å². The van der Waals surface area contributed by atoms with Crippen molar-refractivity contribution in [2.75, 3.05) is 0 Å². The van der Waals surface area contributed by atoms with Crippen molar-refractivity contribution in [3.63, 3.8) is 0 Å². The molecule has 13 heavy (non-hydrogen) atoms. The minimum Gasteiger partial charge on any atom is -0.294 e. The molecule has 0 bridgehead atoms.